The van der Waals surface area contributed by atoms with Gasteiger partial charge in [-0.1, -0.05) is 26.3 Å². The predicted molar refractivity (Wildman–Crippen MR) is 80.4 cm³/mol. The molecule has 0 amide bonds. The topological polar surface area (TPSA) is 89.4 Å². The zero-order valence-corrected chi connectivity index (χ0v) is 13.1. The minimum atomic E-state index is -0.712. The molecule has 0 heterocycles. The van der Waals surface area contributed by atoms with Gasteiger partial charge in [-0.05, 0) is 33.5 Å². The third kappa shape index (κ3) is 4.42. The normalized spacial score (nSPS) is 15.2. The Morgan fingerprint density at radius 3 is 2.58 bits per heavy atom. The predicted octanol–water partition coefficient (Wildman–Crippen LogP) is 3.19. The van der Waals surface area contributed by atoms with Crippen LogP contribution in [0.4, 0.5) is 5.69 Å². The van der Waals surface area contributed by atoms with Crippen LogP contribution in [0.1, 0.15) is 31.9 Å². The molecule has 1 aromatic carbocycles. The highest BCUT2D eigenvalue weighted by Gasteiger charge is 2.24. The number of nitrogens with two attached hydrogens (primary N) is 1. The van der Waals surface area contributed by atoms with Crippen LogP contribution in [-0.2, 0) is 0 Å². The number of hydrogen-bond donors (Lipinski definition) is 2. The zero-order chi connectivity index (χ0) is 13.9. The molecule has 3 atom stereocenters. The van der Waals surface area contributed by atoms with Gasteiger partial charge in [0, 0.05) is 6.07 Å². The first-order valence-electron chi connectivity index (χ1n) is 5.76. The van der Waals surface area contributed by atoms with E-state index in [0.29, 0.717) is 10.0 Å². The van der Waals surface area contributed by atoms with Crippen molar-refractivity contribution in [3.8, 4) is 0 Å². The van der Waals surface area contributed by atoms with Crippen LogP contribution in [0.2, 0.25) is 0 Å². The van der Waals surface area contributed by atoms with Gasteiger partial charge in [-0.25, -0.2) is 0 Å². The fourth-order valence-corrected chi connectivity index (χ4v) is 2.06. The van der Waals surface area contributed by atoms with E-state index in [2.05, 4.69) is 15.9 Å². The second-order valence-electron chi connectivity index (χ2n) is 4.37. The number of rotatable bonds is 5. The van der Waals surface area contributed by atoms with Crippen molar-refractivity contribution in [1.29, 1.82) is 0 Å². The molecule has 1 aromatic rings. The van der Waals surface area contributed by atoms with Gasteiger partial charge >= 0.3 is 0 Å². The number of benzene rings is 1. The first-order valence-corrected chi connectivity index (χ1v) is 6.55. The van der Waals surface area contributed by atoms with Crippen LogP contribution in [0, 0.1) is 16.0 Å². The van der Waals surface area contributed by atoms with Crippen LogP contribution in [-0.4, -0.2) is 16.1 Å². The molecule has 0 bridgehead atoms. The van der Waals surface area contributed by atoms with Gasteiger partial charge in [-0.3, -0.25) is 10.1 Å². The lowest BCUT2D eigenvalue weighted by molar-refractivity contribution is -0.385. The lowest BCUT2D eigenvalue weighted by atomic mass is 9.91. The smallest absolute Gasteiger partial charge is 0.283 e. The summed E-state index contributed by atoms with van der Waals surface area (Å²) >= 11 is 3.11. The Bertz CT molecular complexity index is 445. The number of aliphatic hydroxyl groups excluding tert-OH is 1. The second kappa shape index (κ2) is 7.79. The van der Waals surface area contributed by atoms with Crippen LogP contribution < -0.4 is 5.73 Å². The molecular weight excluding hydrogens is 336 g/mol. The molecule has 0 saturated carbocycles. The summed E-state index contributed by atoms with van der Waals surface area (Å²) in [5.74, 6) is 0.0442. The van der Waals surface area contributed by atoms with Gasteiger partial charge in [0.15, 0.2) is 0 Å². The summed E-state index contributed by atoms with van der Waals surface area (Å²) in [6, 6.07) is 4.05. The third-order valence-electron chi connectivity index (χ3n) is 3.15. The van der Waals surface area contributed by atoms with Gasteiger partial charge in [0.05, 0.1) is 21.5 Å². The van der Waals surface area contributed by atoms with Crippen LogP contribution in [0.25, 0.3) is 0 Å². The largest absolute Gasteiger partial charge is 0.391 e. The van der Waals surface area contributed by atoms with E-state index in [1.165, 1.54) is 6.07 Å². The van der Waals surface area contributed by atoms with E-state index < -0.39 is 17.1 Å². The molecule has 0 aliphatic rings. The SMILES string of the molecule is CCC(C)[C@@H](O)[C@@H](N)c1ccc(Br)c([N+](=O)[O-])c1.Cl. The molecule has 1 unspecified atom stereocenters. The molecule has 19 heavy (non-hydrogen) atoms. The number of hydrogen-bond acceptors (Lipinski definition) is 4. The maximum Gasteiger partial charge on any atom is 0.283 e. The summed E-state index contributed by atoms with van der Waals surface area (Å²) < 4.78 is 0.404. The maximum atomic E-state index is 10.8. The fraction of sp³-hybridized carbons (Fsp3) is 0.500. The minimum Gasteiger partial charge on any atom is -0.391 e. The van der Waals surface area contributed by atoms with E-state index in [1.807, 2.05) is 13.8 Å². The highest BCUT2D eigenvalue weighted by molar-refractivity contribution is 9.10. The number of nitrogens with zero attached hydrogens (tertiary/aromatic N) is 1. The van der Waals surface area contributed by atoms with Gasteiger partial charge in [0.1, 0.15) is 0 Å². The fourth-order valence-electron chi connectivity index (χ4n) is 1.67. The van der Waals surface area contributed by atoms with Crippen LogP contribution in [0.15, 0.2) is 22.7 Å². The monoisotopic (exact) mass is 352 g/mol. The Morgan fingerprint density at radius 1 is 1.53 bits per heavy atom. The van der Waals surface area contributed by atoms with E-state index >= 15 is 0 Å². The average molecular weight is 354 g/mol. The Morgan fingerprint density at radius 2 is 2.11 bits per heavy atom. The number of nitro benzene ring substituents is 1. The molecular formula is C12H18BrClN2O3. The van der Waals surface area contributed by atoms with E-state index in [-0.39, 0.29) is 24.0 Å². The number of aliphatic hydroxyl groups is 1. The lowest BCUT2D eigenvalue weighted by Gasteiger charge is -2.24. The zero-order valence-electron chi connectivity index (χ0n) is 10.7. The van der Waals surface area contributed by atoms with Crippen molar-refractivity contribution in [3.63, 3.8) is 0 Å². The molecule has 0 fully saturated rings. The molecule has 108 valence electrons. The van der Waals surface area contributed by atoms with Gasteiger partial charge < -0.3 is 10.8 Å². The van der Waals surface area contributed by atoms with E-state index in [4.69, 9.17) is 5.73 Å². The van der Waals surface area contributed by atoms with Crippen molar-refractivity contribution in [1.82, 2.24) is 0 Å². The minimum absolute atomic E-state index is 0. The first-order chi connectivity index (χ1) is 8.38. The van der Waals surface area contributed by atoms with Gasteiger partial charge in [-0.2, -0.15) is 0 Å². The summed E-state index contributed by atoms with van der Waals surface area (Å²) in [7, 11) is 0. The number of nitro groups is 1. The van der Waals surface area contributed by atoms with Crippen molar-refractivity contribution in [2.45, 2.75) is 32.4 Å². The van der Waals surface area contributed by atoms with Gasteiger partial charge in [0.2, 0.25) is 0 Å². The summed E-state index contributed by atoms with van der Waals surface area (Å²) in [4.78, 5) is 10.4. The Balaban J connectivity index is 0.00000324. The molecule has 0 spiro atoms. The summed E-state index contributed by atoms with van der Waals surface area (Å²) in [6.07, 6.45) is 0.0869. The summed E-state index contributed by atoms with van der Waals surface area (Å²) in [6.45, 7) is 3.86. The molecule has 1 rings (SSSR count). The summed E-state index contributed by atoms with van der Waals surface area (Å²) in [5, 5.41) is 20.9. The molecule has 0 radical (unpaired) electrons. The lowest BCUT2D eigenvalue weighted by Crippen LogP contribution is -2.31. The summed E-state index contributed by atoms with van der Waals surface area (Å²) in [5.41, 5.74) is 6.47. The molecule has 0 aliphatic carbocycles. The molecule has 5 nitrogen and oxygen atoms in total. The highest BCUT2D eigenvalue weighted by Crippen LogP contribution is 2.30. The first kappa shape index (κ1) is 18.3. The molecule has 0 saturated heterocycles. The van der Waals surface area contributed by atoms with Crippen molar-refractivity contribution >= 4 is 34.0 Å². The van der Waals surface area contributed by atoms with E-state index in [0.717, 1.165) is 6.42 Å². The molecule has 7 heteroatoms. The highest BCUT2D eigenvalue weighted by atomic mass is 79.9. The van der Waals surface area contributed by atoms with E-state index in [9.17, 15) is 15.2 Å². The van der Waals surface area contributed by atoms with E-state index in [1.54, 1.807) is 12.1 Å². The second-order valence-corrected chi connectivity index (χ2v) is 5.22. The Labute approximate surface area is 126 Å². The van der Waals surface area contributed by atoms with Crippen molar-refractivity contribution in [2.75, 3.05) is 0 Å². The average Bonchev–Trinajstić information content (AvgIpc) is 2.36. The quantitative estimate of drug-likeness (QED) is 0.628. The Hall–Kier alpha value is -0.690. The van der Waals surface area contributed by atoms with Crippen molar-refractivity contribution in [3.05, 3.63) is 38.3 Å². The third-order valence-corrected chi connectivity index (χ3v) is 3.82. The maximum absolute atomic E-state index is 10.8. The number of halogens is 2. The van der Waals surface area contributed by atoms with Gasteiger partial charge in [-0.15, -0.1) is 12.4 Å². The molecule has 3 N–H and O–H groups in total. The Kier molecular flexibility index (Phi) is 7.51. The van der Waals surface area contributed by atoms with Crippen LogP contribution >= 0.6 is 28.3 Å². The standard InChI is InChI=1S/C12H17BrN2O3.ClH/c1-3-7(2)12(16)11(14)8-4-5-9(13)10(6-8)15(17)18;/h4-7,11-12,16H,3,14H2,1-2H3;1H/t7?,11-,12+;/m0./s1. The van der Waals surface area contributed by atoms with Gasteiger partial charge in [0.25, 0.3) is 5.69 Å². The van der Waals surface area contributed by atoms with Crippen LogP contribution in [0.5, 0.6) is 0 Å². The van der Waals surface area contributed by atoms with Crippen molar-refractivity contribution < 1.29 is 10.0 Å². The van der Waals surface area contributed by atoms with Crippen molar-refractivity contribution in [2.24, 2.45) is 11.7 Å². The van der Waals surface area contributed by atoms with Crippen LogP contribution in [0.3, 0.4) is 0 Å². The molecule has 0 aromatic heterocycles. The molecule has 0 aliphatic heterocycles.